The number of amides is 3. The molecule has 0 radical (unpaired) electrons. The predicted molar refractivity (Wildman–Crippen MR) is 161 cm³/mol. The van der Waals surface area contributed by atoms with Crippen LogP contribution >= 0.6 is 0 Å². The zero-order valence-corrected chi connectivity index (χ0v) is 24.6. The summed E-state index contributed by atoms with van der Waals surface area (Å²) in [5.74, 6) is 0.826. The lowest BCUT2D eigenvalue weighted by Crippen LogP contribution is -2.41. The van der Waals surface area contributed by atoms with Crippen LogP contribution in [0, 0.1) is 0 Å². The van der Waals surface area contributed by atoms with Gasteiger partial charge in [0.2, 0.25) is 17.4 Å². The van der Waals surface area contributed by atoms with Gasteiger partial charge < -0.3 is 33.7 Å². The smallest absolute Gasteiger partial charge is 0.271 e. The summed E-state index contributed by atoms with van der Waals surface area (Å²) in [6.07, 6.45) is 5.59. The lowest BCUT2D eigenvalue weighted by molar-refractivity contribution is -0.117. The third-order valence-electron chi connectivity index (χ3n) is 5.96. The van der Waals surface area contributed by atoms with E-state index in [0.29, 0.717) is 45.6 Å². The standard InChI is InChI=1S/C31H33N3O9/c1-38-23-15-19(16-24(39-2)29(23)42-5)11-13-27(35)32-22-10-8-7-9-21(22)31(37)34-33-28(36)14-12-20-17-25(40-3)30(43-6)26(18-20)41-4/h7-18H,1-6H3,(H,32,35)(H,33,36)(H,34,37)/b13-11+,14-12+. The molecule has 0 aliphatic heterocycles. The molecular weight excluding hydrogens is 558 g/mol. The van der Waals surface area contributed by atoms with Crippen LogP contribution in [0.1, 0.15) is 21.5 Å². The van der Waals surface area contributed by atoms with Gasteiger partial charge in [-0.05, 0) is 59.7 Å². The highest BCUT2D eigenvalue weighted by Gasteiger charge is 2.15. The summed E-state index contributed by atoms with van der Waals surface area (Å²) in [5.41, 5.74) is 6.25. The molecule has 12 nitrogen and oxygen atoms in total. The van der Waals surface area contributed by atoms with Gasteiger partial charge in [0.15, 0.2) is 23.0 Å². The zero-order chi connectivity index (χ0) is 31.4. The van der Waals surface area contributed by atoms with Crippen molar-refractivity contribution in [3.8, 4) is 34.5 Å². The molecule has 0 fully saturated rings. The van der Waals surface area contributed by atoms with Crippen molar-refractivity contribution >= 4 is 35.6 Å². The molecule has 0 unspecified atom stereocenters. The van der Waals surface area contributed by atoms with Crippen molar-refractivity contribution in [1.29, 1.82) is 0 Å². The molecule has 0 aliphatic rings. The van der Waals surface area contributed by atoms with E-state index in [1.807, 2.05) is 0 Å². The molecule has 3 amide bonds. The van der Waals surface area contributed by atoms with Gasteiger partial charge in [-0.1, -0.05) is 12.1 Å². The van der Waals surface area contributed by atoms with Gasteiger partial charge in [-0.3, -0.25) is 25.2 Å². The van der Waals surface area contributed by atoms with Gasteiger partial charge in [-0.2, -0.15) is 0 Å². The maximum absolute atomic E-state index is 12.8. The van der Waals surface area contributed by atoms with Gasteiger partial charge in [0.25, 0.3) is 11.8 Å². The van der Waals surface area contributed by atoms with E-state index >= 15 is 0 Å². The minimum absolute atomic E-state index is 0.131. The van der Waals surface area contributed by atoms with Crippen LogP contribution in [0.4, 0.5) is 5.69 Å². The third kappa shape index (κ3) is 8.19. The second-order valence-electron chi connectivity index (χ2n) is 8.56. The minimum atomic E-state index is -0.640. The number of benzene rings is 3. The van der Waals surface area contributed by atoms with Crippen molar-refractivity contribution < 1.29 is 42.8 Å². The van der Waals surface area contributed by atoms with Crippen molar-refractivity contribution in [2.75, 3.05) is 48.0 Å². The quantitative estimate of drug-likeness (QED) is 0.211. The first-order valence-corrected chi connectivity index (χ1v) is 12.7. The van der Waals surface area contributed by atoms with Gasteiger partial charge in [0.1, 0.15) is 0 Å². The molecule has 3 N–H and O–H groups in total. The number of carbonyl (C=O) groups excluding carboxylic acids is 3. The number of para-hydroxylation sites is 1. The first kappa shape index (κ1) is 31.9. The van der Waals surface area contributed by atoms with Crippen LogP contribution in [0.15, 0.2) is 60.7 Å². The Morgan fingerprint density at radius 3 is 1.47 bits per heavy atom. The molecule has 0 atom stereocenters. The molecule has 43 heavy (non-hydrogen) atoms. The molecule has 3 aromatic carbocycles. The number of anilines is 1. The van der Waals surface area contributed by atoms with Gasteiger partial charge >= 0.3 is 0 Å². The van der Waals surface area contributed by atoms with Crippen LogP contribution in [-0.2, 0) is 9.59 Å². The molecule has 0 bridgehead atoms. The predicted octanol–water partition coefficient (Wildman–Crippen LogP) is 3.86. The molecule has 12 heteroatoms. The van der Waals surface area contributed by atoms with Gasteiger partial charge in [0, 0.05) is 12.2 Å². The maximum Gasteiger partial charge on any atom is 0.271 e. The average Bonchev–Trinajstić information content (AvgIpc) is 3.04. The highest BCUT2D eigenvalue weighted by molar-refractivity contribution is 6.08. The van der Waals surface area contributed by atoms with Gasteiger partial charge in [-0.25, -0.2) is 0 Å². The van der Waals surface area contributed by atoms with Gasteiger partial charge in [0.05, 0.1) is 53.9 Å². The van der Waals surface area contributed by atoms with Crippen LogP contribution in [0.3, 0.4) is 0 Å². The van der Waals surface area contributed by atoms with E-state index in [2.05, 4.69) is 16.2 Å². The molecule has 0 saturated heterocycles. The van der Waals surface area contributed by atoms with E-state index in [1.165, 1.54) is 67.0 Å². The SMILES string of the molecule is COc1cc(/C=C/C(=O)NNC(=O)c2ccccc2NC(=O)/C=C/c2cc(OC)c(OC)c(OC)c2)cc(OC)c1OC. The Bertz CT molecular complexity index is 1480. The Morgan fingerprint density at radius 2 is 1.02 bits per heavy atom. The molecule has 3 aromatic rings. The molecule has 0 heterocycles. The third-order valence-corrected chi connectivity index (χ3v) is 5.96. The summed E-state index contributed by atoms with van der Waals surface area (Å²) in [6, 6.07) is 13.1. The summed E-state index contributed by atoms with van der Waals surface area (Å²) >= 11 is 0. The Hall–Kier alpha value is -5.65. The van der Waals surface area contributed by atoms with Gasteiger partial charge in [-0.15, -0.1) is 0 Å². The Balaban J connectivity index is 1.66. The topological polar surface area (TPSA) is 143 Å². The lowest BCUT2D eigenvalue weighted by atomic mass is 10.1. The lowest BCUT2D eigenvalue weighted by Gasteiger charge is -2.13. The molecule has 3 rings (SSSR count). The van der Waals surface area contributed by atoms with Crippen LogP contribution in [0.25, 0.3) is 12.2 Å². The second kappa shape index (κ2) is 15.4. The van der Waals surface area contributed by atoms with E-state index in [1.54, 1.807) is 48.5 Å². The van der Waals surface area contributed by atoms with Crippen molar-refractivity contribution in [3.05, 3.63) is 77.4 Å². The van der Waals surface area contributed by atoms with Crippen LogP contribution in [0.2, 0.25) is 0 Å². The number of hydrazine groups is 1. The maximum atomic E-state index is 12.8. The molecular formula is C31H33N3O9. The van der Waals surface area contributed by atoms with Crippen molar-refractivity contribution in [1.82, 2.24) is 10.9 Å². The number of carbonyl (C=O) groups is 3. The highest BCUT2D eigenvalue weighted by Crippen LogP contribution is 2.39. The largest absolute Gasteiger partial charge is 0.493 e. The summed E-state index contributed by atoms with van der Waals surface area (Å²) in [4.78, 5) is 37.9. The van der Waals surface area contributed by atoms with Crippen LogP contribution in [-0.4, -0.2) is 60.4 Å². The minimum Gasteiger partial charge on any atom is -0.493 e. The van der Waals surface area contributed by atoms with Crippen molar-refractivity contribution in [3.63, 3.8) is 0 Å². The molecule has 226 valence electrons. The Labute approximate surface area is 249 Å². The summed E-state index contributed by atoms with van der Waals surface area (Å²) in [5, 5.41) is 2.67. The second-order valence-corrected chi connectivity index (χ2v) is 8.56. The van der Waals surface area contributed by atoms with E-state index < -0.39 is 17.7 Å². The molecule has 0 saturated carbocycles. The monoisotopic (exact) mass is 591 g/mol. The number of methoxy groups -OCH3 is 6. The van der Waals surface area contributed by atoms with E-state index in [0.717, 1.165) is 0 Å². The molecule has 0 aromatic heterocycles. The Morgan fingerprint density at radius 1 is 0.581 bits per heavy atom. The average molecular weight is 592 g/mol. The number of rotatable bonds is 12. The van der Waals surface area contributed by atoms with Crippen LogP contribution < -0.4 is 44.6 Å². The number of ether oxygens (including phenoxy) is 6. The molecule has 0 spiro atoms. The number of nitrogens with one attached hydrogen (secondary N) is 3. The van der Waals surface area contributed by atoms with E-state index in [9.17, 15) is 14.4 Å². The zero-order valence-electron chi connectivity index (χ0n) is 24.6. The van der Waals surface area contributed by atoms with Crippen LogP contribution in [0.5, 0.6) is 34.5 Å². The normalized spacial score (nSPS) is 10.7. The summed E-state index contributed by atoms with van der Waals surface area (Å²) in [7, 11) is 8.95. The van der Waals surface area contributed by atoms with E-state index in [4.69, 9.17) is 28.4 Å². The fourth-order valence-electron chi connectivity index (χ4n) is 3.93. The molecule has 0 aliphatic carbocycles. The highest BCUT2D eigenvalue weighted by atomic mass is 16.5. The number of hydrogen-bond donors (Lipinski definition) is 3. The Kier molecular flexibility index (Phi) is 11.4. The van der Waals surface area contributed by atoms with E-state index in [-0.39, 0.29) is 11.3 Å². The first-order valence-electron chi connectivity index (χ1n) is 12.7. The summed E-state index contributed by atoms with van der Waals surface area (Å²) in [6.45, 7) is 0. The first-order chi connectivity index (χ1) is 20.8. The van der Waals surface area contributed by atoms with Crippen molar-refractivity contribution in [2.45, 2.75) is 0 Å². The number of hydrogen-bond acceptors (Lipinski definition) is 9. The van der Waals surface area contributed by atoms with Crippen molar-refractivity contribution in [2.24, 2.45) is 0 Å². The summed E-state index contributed by atoms with van der Waals surface area (Å²) < 4.78 is 31.9. The fourth-order valence-corrected chi connectivity index (χ4v) is 3.93. The fraction of sp³-hybridized carbons (Fsp3) is 0.194.